The Balaban J connectivity index is 2.89. The monoisotopic (exact) mass is 434 g/mol. The van der Waals surface area contributed by atoms with Crippen LogP contribution in [-0.2, 0) is 41.5 Å². The molecule has 0 spiro atoms. The number of hydrogen-bond acceptors (Lipinski definition) is 3. The summed E-state index contributed by atoms with van der Waals surface area (Å²) in [4.78, 5) is 11.5. The molecule has 0 aliphatic carbocycles. The van der Waals surface area contributed by atoms with Crippen LogP contribution in [0.3, 0.4) is 0 Å². The maximum absolute atomic E-state index is 13.4. The summed E-state index contributed by atoms with van der Waals surface area (Å²) in [6.07, 6.45) is -16.6. The fourth-order valence-electron chi connectivity index (χ4n) is 2.57. The van der Waals surface area contributed by atoms with Gasteiger partial charge in [0.2, 0.25) is 0 Å². The smallest absolute Gasteiger partial charge is 0.435 e. The first-order chi connectivity index (χ1) is 13.1. The first-order valence-electron chi connectivity index (χ1n) is 7.55. The van der Waals surface area contributed by atoms with E-state index in [1.165, 1.54) is 0 Å². The summed E-state index contributed by atoms with van der Waals surface area (Å²) in [5.74, 6) is -1.06. The number of halogens is 9. The predicted octanol–water partition coefficient (Wildman–Crippen LogP) is 4.86. The third-order valence-corrected chi connectivity index (χ3v) is 3.85. The van der Waals surface area contributed by atoms with Crippen LogP contribution in [0.4, 0.5) is 39.5 Å². The van der Waals surface area contributed by atoms with Gasteiger partial charge in [0, 0.05) is 12.6 Å². The van der Waals surface area contributed by atoms with Gasteiger partial charge in [-0.2, -0.15) is 44.6 Å². The topological polar surface area (TPSA) is 44.1 Å². The van der Waals surface area contributed by atoms with Crippen molar-refractivity contribution in [3.63, 3.8) is 0 Å². The lowest BCUT2D eigenvalue weighted by molar-refractivity contribution is -0.143. The van der Waals surface area contributed by atoms with E-state index in [4.69, 9.17) is 0 Å². The van der Waals surface area contributed by atoms with E-state index in [9.17, 15) is 44.3 Å². The molecule has 0 saturated heterocycles. The van der Waals surface area contributed by atoms with E-state index >= 15 is 0 Å². The number of methoxy groups -OCH3 is 1. The SMILES string of the molecule is COC(=O)Cc1c(-c2cc(C(F)(F)F)cc(C(F)(F)F)c2)c(C(F)(F)F)nn1C. The molecule has 0 aliphatic heterocycles. The third-order valence-electron chi connectivity index (χ3n) is 3.85. The summed E-state index contributed by atoms with van der Waals surface area (Å²) in [5.41, 5.74) is -8.00. The average molecular weight is 434 g/mol. The van der Waals surface area contributed by atoms with Crippen molar-refractivity contribution < 1.29 is 49.0 Å². The normalized spacial score (nSPS) is 12.9. The molecule has 13 heteroatoms. The maximum atomic E-state index is 13.4. The molecule has 1 aromatic carbocycles. The summed E-state index contributed by atoms with van der Waals surface area (Å²) in [6, 6.07) is 0.0671. The number of nitrogens with zero attached hydrogens (tertiary/aromatic N) is 2. The molecule has 2 aromatic rings. The average Bonchev–Trinajstić information content (AvgIpc) is 2.89. The Morgan fingerprint density at radius 2 is 1.41 bits per heavy atom. The Morgan fingerprint density at radius 1 is 0.931 bits per heavy atom. The largest absolute Gasteiger partial charge is 0.469 e. The van der Waals surface area contributed by atoms with E-state index in [1.807, 2.05) is 0 Å². The fourth-order valence-corrected chi connectivity index (χ4v) is 2.57. The molecule has 0 N–H and O–H groups in total. The van der Waals surface area contributed by atoms with Crippen LogP contribution in [0.5, 0.6) is 0 Å². The minimum atomic E-state index is -5.26. The van der Waals surface area contributed by atoms with Gasteiger partial charge in [0.1, 0.15) is 0 Å². The van der Waals surface area contributed by atoms with Crippen LogP contribution < -0.4 is 0 Å². The molecule has 0 aliphatic rings. The highest BCUT2D eigenvalue weighted by atomic mass is 19.4. The summed E-state index contributed by atoms with van der Waals surface area (Å²) in [7, 11) is 1.88. The zero-order valence-corrected chi connectivity index (χ0v) is 14.6. The highest BCUT2D eigenvalue weighted by Crippen LogP contribution is 2.43. The molecule has 0 fully saturated rings. The van der Waals surface area contributed by atoms with Crippen molar-refractivity contribution in [1.29, 1.82) is 0 Å². The third kappa shape index (κ3) is 4.82. The number of hydrogen-bond donors (Lipinski definition) is 0. The van der Waals surface area contributed by atoms with Crippen LogP contribution in [0, 0.1) is 0 Å². The number of rotatable bonds is 3. The second kappa shape index (κ2) is 7.26. The molecule has 0 radical (unpaired) electrons. The van der Waals surface area contributed by atoms with Crippen molar-refractivity contribution in [1.82, 2.24) is 9.78 Å². The van der Waals surface area contributed by atoms with Crippen molar-refractivity contribution in [2.24, 2.45) is 7.05 Å². The molecular weight excluding hydrogens is 423 g/mol. The maximum Gasteiger partial charge on any atom is 0.435 e. The number of carbonyl (C=O) groups excluding carboxylic acids is 1. The first-order valence-corrected chi connectivity index (χ1v) is 7.55. The van der Waals surface area contributed by atoms with E-state index < -0.39 is 64.6 Å². The number of carbonyl (C=O) groups is 1. The molecule has 0 atom stereocenters. The minimum absolute atomic E-state index is 0.141. The van der Waals surface area contributed by atoms with Gasteiger partial charge in [-0.05, 0) is 23.8 Å². The summed E-state index contributed by atoms with van der Waals surface area (Å²) in [6.45, 7) is 0. The van der Waals surface area contributed by atoms with Gasteiger partial charge in [0.05, 0.1) is 30.4 Å². The summed E-state index contributed by atoms with van der Waals surface area (Å²) in [5, 5.41) is 3.15. The molecule has 1 heterocycles. The van der Waals surface area contributed by atoms with Gasteiger partial charge in [-0.1, -0.05) is 0 Å². The van der Waals surface area contributed by atoms with Gasteiger partial charge in [0.15, 0.2) is 5.69 Å². The molecule has 160 valence electrons. The predicted molar refractivity (Wildman–Crippen MR) is 79.4 cm³/mol. The van der Waals surface area contributed by atoms with E-state index in [-0.39, 0.29) is 18.2 Å². The standard InChI is InChI=1S/C16H11F9N2O2/c1-27-10(6-11(28)29-2)12(13(26-27)16(23,24)25)7-3-8(14(17,18)19)5-9(4-7)15(20,21)22/h3-5H,6H2,1-2H3. The van der Waals surface area contributed by atoms with Crippen LogP contribution in [0.25, 0.3) is 11.1 Å². The Morgan fingerprint density at radius 3 is 1.79 bits per heavy atom. The number of ether oxygens (including phenoxy) is 1. The first kappa shape index (κ1) is 22.6. The quantitative estimate of drug-likeness (QED) is 0.512. The number of aryl methyl sites for hydroxylation is 1. The molecule has 0 amide bonds. The number of esters is 1. The molecule has 4 nitrogen and oxygen atoms in total. The van der Waals surface area contributed by atoms with Crippen molar-refractivity contribution in [3.05, 3.63) is 40.7 Å². The summed E-state index contributed by atoms with van der Waals surface area (Å²) < 4.78 is 123. The molecule has 0 unspecified atom stereocenters. The van der Waals surface area contributed by atoms with Gasteiger partial charge in [0.25, 0.3) is 0 Å². The second-order valence-corrected chi connectivity index (χ2v) is 5.84. The Bertz CT molecular complexity index is 892. The number of aromatic nitrogens is 2. The van der Waals surface area contributed by atoms with Crippen LogP contribution in [-0.4, -0.2) is 22.9 Å². The lowest BCUT2D eigenvalue weighted by Gasteiger charge is -2.16. The lowest BCUT2D eigenvalue weighted by Crippen LogP contribution is -2.13. The fraction of sp³-hybridized carbons (Fsp3) is 0.375. The highest BCUT2D eigenvalue weighted by molar-refractivity contribution is 5.79. The van der Waals surface area contributed by atoms with E-state index in [0.717, 1.165) is 14.2 Å². The van der Waals surface area contributed by atoms with Crippen LogP contribution in [0.1, 0.15) is 22.5 Å². The molecule has 1 aromatic heterocycles. The number of alkyl halides is 9. The van der Waals surface area contributed by atoms with Crippen LogP contribution in [0.2, 0.25) is 0 Å². The van der Waals surface area contributed by atoms with Crippen molar-refractivity contribution in [2.45, 2.75) is 24.9 Å². The zero-order valence-electron chi connectivity index (χ0n) is 14.6. The van der Waals surface area contributed by atoms with E-state index in [2.05, 4.69) is 9.84 Å². The Hall–Kier alpha value is -2.73. The van der Waals surface area contributed by atoms with Crippen molar-refractivity contribution in [2.75, 3.05) is 7.11 Å². The second-order valence-electron chi connectivity index (χ2n) is 5.84. The molecule has 0 bridgehead atoms. The van der Waals surface area contributed by atoms with E-state index in [1.54, 1.807) is 0 Å². The lowest BCUT2D eigenvalue weighted by atomic mass is 9.96. The van der Waals surface area contributed by atoms with Crippen LogP contribution >= 0.6 is 0 Å². The van der Waals surface area contributed by atoms with Crippen molar-refractivity contribution >= 4 is 5.97 Å². The minimum Gasteiger partial charge on any atom is -0.469 e. The van der Waals surface area contributed by atoms with Gasteiger partial charge in [-0.25, -0.2) is 0 Å². The zero-order chi connectivity index (χ0) is 22.4. The van der Waals surface area contributed by atoms with Gasteiger partial charge in [-0.15, -0.1) is 0 Å². The van der Waals surface area contributed by atoms with Gasteiger partial charge in [-0.3, -0.25) is 9.48 Å². The Kier molecular flexibility index (Phi) is 5.65. The van der Waals surface area contributed by atoms with Crippen LogP contribution in [0.15, 0.2) is 18.2 Å². The van der Waals surface area contributed by atoms with Gasteiger partial charge < -0.3 is 4.74 Å². The molecule has 0 saturated carbocycles. The van der Waals surface area contributed by atoms with E-state index in [0.29, 0.717) is 4.68 Å². The Labute approximate surface area is 156 Å². The molecular formula is C16H11F9N2O2. The number of benzene rings is 1. The molecule has 29 heavy (non-hydrogen) atoms. The van der Waals surface area contributed by atoms with Gasteiger partial charge >= 0.3 is 24.5 Å². The summed E-state index contributed by atoms with van der Waals surface area (Å²) >= 11 is 0. The molecule has 2 rings (SSSR count). The highest BCUT2D eigenvalue weighted by Gasteiger charge is 2.42. The van der Waals surface area contributed by atoms with Crippen molar-refractivity contribution in [3.8, 4) is 11.1 Å².